The van der Waals surface area contributed by atoms with Gasteiger partial charge in [0.25, 0.3) is 0 Å². The highest BCUT2D eigenvalue weighted by Crippen LogP contribution is 2.08. The van der Waals surface area contributed by atoms with E-state index in [9.17, 15) is 13.6 Å². The summed E-state index contributed by atoms with van der Waals surface area (Å²) in [6.07, 6.45) is 0.226. The van der Waals surface area contributed by atoms with E-state index in [0.717, 1.165) is 12.1 Å². The van der Waals surface area contributed by atoms with E-state index in [2.05, 4.69) is 5.32 Å². The Hall–Kier alpha value is -1.49. The molecule has 0 aliphatic rings. The molecule has 1 aromatic carbocycles. The van der Waals surface area contributed by atoms with Crippen LogP contribution in [0.25, 0.3) is 0 Å². The first-order valence-electron chi connectivity index (χ1n) is 4.52. The fourth-order valence-corrected chi connectivity index (χ4v) is 1.09. The summed E-state index contributed by atoms with van der Waals surface area (Å²) >= 11 is 0. The molecular weight excluding hydrogens is 202 g/mol. The highest BCUT2D eigenvalue weighted by Gasteiger charge is 2.02. The Labute approximate surface area is 86.3 Å². The molecular formula is C10H12F2N2O. The number of nitrogens with one attached hydrogen (secondary N) is 1. The summed E-state index contributed by atoms with van der Waals surface area (Å²) in [5.74, 6) is -2.13. The fourth-order valence-electron chi connectivity index (χ4n) is 1.09. The van der Waals surface area contributed by atoms with Gasteiger partial charge in [-0.05, 0) is 17.7 Å². The minimum Gasteiger partial charge on any atom is -0.370 e. The third kappa shape index (κ3) is 4.03. The molecule has 0 bridgehead atoms. The molecule has 0 aromatic heterocycles. The summed E-state index contributed by atoms with van der Waals surface area (Å²) in [6, 6.07) is 3.67. The van der Waals surface area contributed by atoms with Crippen molar-refractivity contribution < 1.29 is 13.6 Å². The van der Waals surface area contributed by atoms with Crippen molar-refractivity contribution in [2.45, 2.75) is 13.0 Å². The van der Waals surface area contributed by atoms with Crippen molar-refractivity contribution in [2.75, 3.05) is 6.54 Å². The zero-order valence-electron chi connectivity index (χ0n) is 8.09. The number of carbonyl (C=O) groups is 1. The lowest BCUT2D eigenvalue weighted by Crippen LogP contribution is -2.21. The molecule has 0 aliphatic heterocycles. The molecule has 1 amide bonds. The second-order valence-electron chi connectivity index (χ2n) is 3.14. The van der Waals surface area contributed by atoms with E-state index in [1.807, 2.05) is 0 Å². The summed E-state index contributed by atoms with van der Waals surface area (Å²) in [5, 5.41) is 2.89. The van der Waals surface area contributed by atoms with Gasteiger partial charge < -0.3 is 11.1 Å². The van der Waals surface area contributed by atoms with Crippen LogP contribution in [0.3, 0.4) is 0 Å². The third-order valence-corrected chi connectivity index (χ3v) is 1.86. The average molecular weight is 214 g/mol. The smallest absolute Gasteiger partial charge is 0.218 e. The van der Waals surface area contributed by atoms with Crippen LogP contribution in [0, 0.1) is 11.6 Å². The number of rotatable bonds is 5. The standard InChI is InChI=1S/C10H12F2N2O/c11-8-2-1-7(5-9(8)12)6-14-4-3-10(13)15/h1-2,5,14H,3-4,6H2,(H2,13,15). The first-order valence-corrected chi connectivity index (χ1v) is 4.52. The van der Waals surface area contributed by atoms with Crippen LogP contribution in [0.15, 0.2) is 18.2 Å². The lowest BCUT2D eigenvalue weighted by atomic mass is 10.2. The Balaban J connectivity index is 2.38. The number of carbonyl (C=O) groups excluding carboxylic acids is 1. The van der Waals surface area contributed by atoms with Gasteiger partial charge in [-0.25, -0.2) is 8.78 Å². The topological polar surface area (TPSA) is 55.1 Å². The first-order chi connectivity index (χ1) is 7.09. The maximum atomic E-state index is 12.7. The molecule has 3 nitrogen and oxygen atoms in total. The van der Waals surface area contributed by atoms with Crippen molar-refractivity contribution >= 4 is 5.91 Å². The van der Waals surface area contributed by atoms with Crippen molar-refractivity contribution in [3.8, 4) is 0 Å². The molecule has 5 heteroatoms. The number of hydrogen-bond acceptors (Lipinski definition) is 2. The minimum absolute atomic E-state index is 0.226. The molecule has 1 rings (SSSR count). The minimum atomic E-state index is -0.871. The van der Waals surface area contributed by atoms with Crippen molar-refractivity contribution in [1.82, 2.24) is 5.32 Å². The van der Waals surface area contributed by atoms with E-state index in [1.165, 1.54) is 6.07 Å². The molecule has 82 valence electrons. The Morgan fingerprint density at radius 2 is 2.07 bits per heavy atom. The zero-order chi connectivity index (χ0) is 11.3. The molecule has 0 spiro atoms. The maximum Gasteiger partial charge on any atom is 0.218 e. The van der Waals surface area contributed by atoms with Crippen LogP contribution in [0.5, 0.6) is 0 Å². The van der Waals surface area contributed by atoms with Crippen LogP contribution in [-0.2, 0) is 11.3 Å². The number of benzene rings is 1. The summed E-state index contributed by atoms with van der Waals surface area (Å²) in [5.41, 5.74) is 5.55. The molecule has 0 aliphatic carbocycles. The van der Waals surface area contributed by atoms with E-state index in [1.54, 1.807) is 0 Å². The van der Waals surface area contributed by atoms with Crippen LogP contribution < -0.4 is 11.1 Å². The Morgan fingerprint density at radius 1 is 1.33 bits per heavy atom. The molecule has 3 N–H and O–H groups in total. The third-order valence-electron chi connectivity index (χ3n) is 1.86. The van der Waals surface area contributed by atoms with Crippen molar-refractivity contribution in [3.05, 3.63) is 35.4 Å². The van der Waals surface area contributed by atoms with E-state index >= 15 is 0 Å². The van der Waals surface area contributed by atoms with Gasteiger partial charge in [0.2, 0.25) is 5.91 Å². The van der Waals surface area contributed by atoms with Crippen molar-refractivity contribution in [1.29, 1.82) is 0 Å². The van der Waals surface area contributed by atoms with Gasteiger partial charge in [-0.3, -0.25) is 4.79 Å². The number of hydrogen-bond donors (Lipinski definition) is 2. The Bertz CT molecular complexity index is 355. The summed E-state index contributed by atoms with van der Waals surface area (Å²) in [7, 11) is 0. The fraction of sp³-hybridized carbons (Fsp3) is 0.300. The van der Waals surface area contributed by atoms with Gasteiger partial charge in [0.1, 0.15) is 0 Å². The lowest BCUT2D eigenvalue weighted by molar-refractivity contribution is -0.117. The monoisotopic (exact) mass is 214 g/mol. The van der Waals surface area contributed by atoms with Crippen LogP contribution in [-0.4, -0.2) is 12.5 Å². The van der Waals surface area contributed by atoms with Gasteiger partial charge in [0.15, 0.2) is 11.6 Å². The predicted molar refractivity (Wildman–Crippen MR) is 51.9 cm³/mol. The van der Waals surface area contributed by atoms with Crippen LogP contribution in [0.4, 0.5) is 8.78 Å². The van der Waals surface area contributed by atoms with Crippen LogP contribution in [0.1, 0.15) is 12.0 Å². The molecule has 0 atom stereocenters. The van der Waals surface area contributed by atoms with E-state index in [0.29, 0.717) is 18.7 Å². The summed E-state index contributed by atoms with van der Waals surface area (Å²) < 4.78 is 25.3. The zero-order valence-corrected chi connectivity index (χ0v) is 8.09. The predicted octanol–water partition coefficient (Wildman–Crippen LogP) is 0.930. The molecule has 0 fully saturated rings. The van der Waals surface area contributed by atoms with E-state index < -0.39 is 17.5 Å². The Morgan fingerprint density at radius 3 is 2.67 bits per heavy atom. The summed E-state index contributed by atoms with van der Waals surface area (Å²) in [4.78, 5) is 10.4. The lowest BCUT2D eigenvalue weighted by Gasteiger charge is -2.03. The average Bonchev–Trinajstić information content (AvgIpc) is 2.18. The van der Waals surface area contributed by atoms with Crippen LogP contribution in [0.2, 0.25) is 0 Å². The quantitative estimate of drug-likeness (QED) is 0.716. The molecule has 15 heavy (non-hydrogen) atoms. The number of primary amides is 1. The first kappa shape index (κ1) is 11.6. The highest BCUT2D eigenvalue weighted by molar-refractivity contribution is 5.73. The van der Waals surface area contributed by atoms with Gasteiger partial charge in [-0.1, -0.05) is 6.07 Å². The van der Waals surface area contributed by atoms with Crippen LogP contribution >= 0.6 is 0 Å². The highest BCUT2D eigenvalue weighted by atomic mass is 19.2. The number of halogens is 2. The van der Waals surface area contributed by atoms with E-state index in [4.69, 9.17) is 5.73 Å². The normalized spacial score (nSPS) is 10.3. The van der Waals surface area contributed by atoms with Crippen molar-refractivity contribution in [2.24, 2.45) is 5.73 Å². The summed E-state index contributed by atoms with van der Waals surface area (Å²) in [6.45, 7) is 0.804. The number of nitrogens with two attached hydrogens (primary N) is 1. The number of amides is 1. The maximum absolute atomic E-state index is 12.7. The molecule has 0 heterocycles. The largest absolute Gasteiger partial charge is 0.370 e. The van der Waals surface area contributed by atoms with Gasteiger partial charge in [0.05, 0.1) is 0 Å². The Kier molecular flexibility index (Phi) is 4.17. The van der Waals surface area contributed by atoms with Gasteiger partial charge in [0, 0.05) is 19.5 Å². The van der Waals surface area contributed by atoms with Gasteiger partial charge in [-0.15, -0.1) is 0 Å². The second-order valence-corrected chi connectivity index (χ2v) is 3.14. The van der Waals surface area contributed by atoms with Crippen molar-refractivity contribution in [3.63, 3.8) is 0 Å². The van der Waals surface area contributed by atoms with Gasteiger partial charge in [-0.2, -0.15) is 0 Å². The molecule has 0 saturated carbocycles. The second kappa shape index (κ2) is 5.41. The van der Waals surface area contributed by atoms with E-state index in [-0.39, 0.29) is 6.42 Å². The SMILES string of the molecule is NC(=O)CCNCc1ccc(F)c(F)c1. The molecule has 0 saturated heterocycles. The molecule has 0 unspecified atom stereocenters. The van der Waals surface area contributed by atoms with Gasteiger partial charge >= 0.3 is 0 Å². The molecule has 0 radical (unpaired) electrons. The molecule has 1 aromatic rings.